The van der Waals surface area contributed by atoms with Crippen molar-refractivity contribution in [1.29, 1.82) is 0 Å². The van der Waals surface area contributed by atoms with Gasteiger partial charge in [0.2, 0.25) is 0 Å². The zero-order chi connectivity index (χ0) is 14.6. The molecule has 0 aromatic heterocycles. The summed E-state index contributed by atoms with van der Waals surface area (Å²) in [5.74, 6) is 0. The Morgan fingerprint density at radius 3 is 2.20 bits per heavy atom. The average molecular weight is 286 g/mol. The Balaban J connectivity index is 1.79. The van der Waals surface area contributed by atoms with Crippen molar-refractivity contribution >= 4 is 0 Å². The molecule has 20 heavy (non-hydrogen) atoms. The lowest BCUT2D eigenvalue weighted by atomic mass is 10.1. The van der Waals surface area contributed by atoms with E-state index in [-0.39, 0.29) is 12.1 Å². The fraction of sp³-hybridized carbons (Fsp3) is 1.00. The second-order valence-corrected chi connectivity index (χ2v) is 6.06. The van der Waals surface area contributed by atoms with Crippen molar-refractivity contribution in [2.24, 2.45) is 5.73 Å². The molecule has 1 rings (SSSR count). The minimum absolute atomic E-state index is 0.122. The molecular formula is C16H34N2O2. The predicted molar refractivity (Wildman–Crippen MR) is 83.8 cm³/mol. The van der Waals surface area contributed by atoms with Crippen LogP contribution in [0.25, 0.3) is 0 Å². The van der Waals surface area contributed by atoms with E-state index < -0.39 is 6.10 Å². The van der Waals surface area contributed by atoms with E-state index >= 15 is 0 Å². The van der Waals surface area contributed by atoms with Crippen LogP contribution in [-0.4, -0.2) is 43.1 Å². The van der Waals surface area contributed by atoms with E-state index in [4.69, 9.17) is 10.5 Å². The number of unbranched alkanes of at least 4 members (excludes halogenated alkanes) is 8. The number of ether oxygens (including phenoxy) is 1. The van der Waals surface area contributed by atoms with Gasteiger partial charge in [-0.15, -0.1) is 0 Å². The van der Waals surface area contributed by atoms with Gasteiger partial charge in [0.25, 0.3) is 0 Å². The molecule has 0 bridgehead atoms. The highest BCUT2D eigenvalue weighted by atomic mass is 16.5. The van der Waals surface area contributed by atoms with E-state index in [1.807, 2.05) is 0 Å². The molecule has 1 saturated heterocycles. The fourth-order valence-corrected chi connectivity index (χ4v) is 2.69. The number of aliphatic hydroxyl groups is 1. The third-order valence-electron chi connectivity index (χ3n) is 4.12. The van der Waals surface area contributed by atoms with Gasteiger partial charge in [-0.25, -0.2) is 0 Å². The van der Waals surface area contributed by atoms with Crippen molar-refractivity contribution in [1.82, 2.24) is 5.32 Å². The highest BCUT2D eigenvalue weighted by Gasteiger charge is 2.32. The Labute approximate surface area is 124 Å². The smallest absolute Gasteiger partial charge is 0.0987 e. The van der Waals surface area contributed by atoms with Gasteiger partial charge < -0.3 is 20.9 Å². The third-order valence-corrected chi connectivity index (χ3v) is 4.12. The highest BCUT2D eigenvalue weighted by molar-refractivity contribution is 4.87. The van der Waals surface area contributed by atoms with Gasteiger partial charge >= 0.3 is 0 Å². The molecule has 0 unspecified atom stereocenters. The lowest BCUT2D eigenvalue weighted by Crippen LogP contribution is -2.41. The van der Waals surface area contributed by atoms with Gasteiger partial charge in [-0.05, 0) is 13.0 Å². The molecule has 1 heterocycles. The maximum Gasteiger partial charge on any atom is 0.0987 e. The molecule has 4 N–H and O–H groups in total. The summed E-state index contributed by atoms with van der Waals surface area (Å²) in [6, 6.07) is -0.213. The largest absolute Gasteiger partial charge is 0.389 e. The first-order chi connectivity index (χ1) is 9.75. The van der Waals surface area contributed by atoms with Gasteiger partial charge in [0.1, 0.15) is 0 Å². The molecule has 4 nitrogen and oxygen atoms in total. The summed E-state index contributed by atoms with van der Waals surface area (Å²) in [6.07, 6.45) is 11.5. The molecule has 0 spiro atoms. The number of aliphatic hydroxyl groups excluding tert-OH is 1. The van der Waals surface area contributed by atoms with Crippen molar-refractivity contribution < 1.29 is 9.84 Å². The standard InChI is InChI=1S/C16H34N2O2/c1-2-3-4-5-6-7-8-9-10-11-18-12-15-16(19)14(17)13-20-15/h14-16,18-19H,2-13,17H2,1H3/t14-,15-,16-/m0/s1. The molecule has 1 aliphatic rings. The molecule has 120 valence electrons. The monoisotopic (exact) mass is 286 g/mol. The normalized spacial score (nSPS) is 26.2. The highest BCUT2D eigenvalue weighted by Crippen LogP contribution is 2.12. The van der Waals surface area contributed by atoms with Gasteiger partial charge in [0.15, 0.2) is 0 Å². The molecule has 0 aromatic rings. The van der Waals surface area contributed by atoms with Crippen molar-refractivity contribution in [3.05, 3.63) is 0 Å². The maximum absolute atomic E-state index is 9.73. The first-order valence-corrected chi connectivity index (χ1v) is 8.51. The van der Waals surface area contributed by atoms with Crippen LogP contribution >= 0.6 is 0 Å². The maximum atomic E-state index is 9.73. The Kier molecular flexibility index (Phi) is 10.3. The van der Waals surface area contributed by atoms with Crippen LogP contribution in [0.3, 0.4) is 0 Å². The molecule has 3 atom stereocenters. The number of rotatable bonds is 12. The first kappa shape index (κ1) is 17.9. The quantitative estimate of drug-likeness (QED) is 0.481. The van der Waals surface area contributed by atoms with Gasteiger partial charge in [0.05, 0.1) is 24.9 Å². The van der Waals surface area contributed by atoms with Crippen LogP contribution in [0.4, 0.5) is 0 Å². The Morgan fingerprint density at radius 1 is 1.05 bits per heavy atom. The van der Waals surface area contributed by atoms with E-state index in [1.54, 1.807) is 0 Å². The molecular weight excluding hydrogens is 252 g/mol. The Hall–Kier alpha value is -0.160. The van der Waals surface area contributed by atoms with Crippen LogP contribution in [0.1, 0.15) is 64.7 Å². The van der Waals surface area contributed by atoms with Crippen LogP contribution in [0.5, 0.6) is 0 Å². The summed E-state index contributed by atoms with van der Waals surface area (Å²) in [4.78, 5) is 0. The van der Waals surface area contributed by atoms with Gasteiger partial charge in [-0.2, -0.15) is 0 Å². The second-order valence-electron chi connectivity index (χ2n) is 6.06. The first-order valence-electron chi connectivity index (χ1n) is 8.51. The van der Waals surface area contributed by atoms with Crippen molar-refractivity contribution in [2.75, 3.05) is 19.7 Å². The Bertz CT molecular complexity index is 227. The van der Waals surface area contributed by atoms with Crippen LogP contribution in [0.2, 0.25) is 0 Å². The van der Waals surface area contributed by atoms with Crippen molar-refractivity contribution in [3.63, 3.8) is 0 Å². The molecule has 1 aliphatic heterocycles. The molecule has 0 amide bonds. The summed E-state index contributed by atoms with van der Waals surface area (Å²) in [7, 11) is 0. The molecule has 0 aliphatic carbocycles. The SMILES string of the molecule is CCCCCCCCCCCNC[C@@H]1OC[C@H](N)[C@@H]1O. The summed E-state index contributed by atoms with van der Waals surface area (Å²) in [5, 5.41) is 13.1. The molecule has 0 aromatic carbocycles. The van der Waals surface area contributed by atoms with Crippen molar-refractivity contribution in [2.45, 2.75) is 83.0 Å². The zero-order valence-corrected chi connectivity index (χ0v) is 13.2. The van der Waals surface area contributed by atoms with E-state index in [2.05, 4.69) is 12.2 Å². The van der Waals surface area contributed by atoms with Crippen LogP contribution in [0.15, 0.2) is 0 Å². The summed E-state index contributed by atoms with van der Waals surface area (Å²) in [6.45, 7) is 4.46. The zero-order valence-electron chi connectivity index (χ0n) is 13.2. The average Bonchev–Trinajstić information content (AvgIpc) is 2.76. The number of nitrogens with two attached hydrogens (primary N) is 1. The van der Waals surface area contributed by atoms with Gasteiger partial charge in [0, 0.05) is 6.54 Å². The van der Waals surface area contributed by atoms with Gasteiger partial charge in [-0.3, -0.25) is 0 Å². The summed E-state index contributed by atoms with van der Waals surface area (Å²) >= 11 is 0. The van der Waals surface area contributed by atoms with Crippen LogP contribution in [0, 0.1) is 0 Å². The third kappa shape index (κ3) is 7.58. The summed E-state index contributed by atoms with van der Waals surface area (Å²) in [5.41, 5.74) is 5.69. The molecule has 4 heteroatoms. The minimum atomic E-state index is -0.509. The van der Waals surface area contributed by atoms with E-state index in [0.717, 1.165) is 6.54 Å². The molecule has 1 fully saturated rings. The molecule has 0 radical (unpaired) electrons. The lowest BCUT2D eigenvalue weighted by Gasteiger charge is -2.15. The predicted octanol–water partition coefficient (Wildman–Crippen LogP) is 2.19. The second kappa shape index (κ2) is 11.5. The van der Waals surface area contributed by atoms with E-state index in [9.17, 15) is 5.11 Å². The van der Waals surface area contributed by atoms with Crippen LogP contribution in [-0.2, 0) is 4.74 Å². The lowest BCUT2D eigenvalue weighted by molar-refractivity contribution is 0.0419. The minimum Gasteiger partial charge on any atom is -0.389 e. The van der Waals surface area contributed by atoms with Crippen molar-refractivity contribution in [3.8, 4) is 0 Å². The van der Waals surface area contributed by atoms with E-state index in [0.29, 0.717) is 13.2 Å². The van der Waals surface area contributed by atoms with E-state index in [1.165, 1.54) is 57.8 Å². The topological polar surface area (TPSA) is 67.5 Å². The fourth-order valence-electron chi connectivity index (χ4n) is 2.69. The molecule has 0 saturated carbocycles. The summed E-state index contributed by atoms with van der Waals surface area (Å²) < 4.78 is 5.43. The van der Waals surface area contributed by atoms with Gasteiger partial charge in [-0.1, -0.05) is 58.3 Å². The van der Waals surface area contributed by atoms with Crippen LogP contribution < -0.4 is 11.1 Å². The number of nitrogens with one attached hydrogen (secondary N) is 1. The number of hydrogen-bond donors (Lipinski definition) is 3. The number of hydrogen-bond acceptors (Lipinski definition) is 4. The Morgan fingerprint density at radius 2 is 1.65 bits per heavy atom.